The minimum Gasteiger partial charge on any atom is -0.466 e. The van der Waals surface area contributed by atoms with E-state index in [0.717, 1.165) is 90.4 Å². The second kappa shape index (κ2) is 45.5. The summed E-state index contributed by atoms with van der Waals surface area (Å²) in [4.78, 5) is 28.8. The molecule has 0 bridgehead atoms. The lowest BCUT2D eigenvalue weighted by molar-refractivity contribution is -0.160. The van der Waals surface area contributed by atoms with Gasteiger partial charge in [0.25, 0.3) is 0 Å². The van der Waals surface area contributed by atoms with Crippen LogP contribution in [0.25, 0.3) is 0 Å². The molecular weight excluding hydrogens is 807 g/mol. The van der Waals surface area contributed by atoms with Crippen molar-refractivity contribution in [1.82, 2.24) is 4.90 Å². The van der Waals surface area contributed by atoms with Crippen molar-refractivity contribution < 1.29 is 42.7 Å². The third-order valence-electron chi connectivity index (χ3n) is 13.2. The molecule has 0 aliphatic carbocycles. The molecule has 1 aliphatic heterocycles. The summed E-state index contributed by atoms with van der Waals surface area (Å²) in [5.74, 6) is -0.388. The molecule has 1 heterocycles. The van der Waals surface area contributed by atoms with Gasteiger partial charge in [0.05, 0.1) is 26.1 Å². The standard InChI is InChI=1S/C54H105NO9/c1-6-10-14-18-22-27-44-61-52(62-45-28-23-19-15-11-7-2)34-32-50(56)59-48-38-54(36-41-55(42-37-54)40-26-31-43-58-5)39-49-60-51(57)33-35-53(63-46-29-24-20-16-12-8-3)64-47-30-25-21-17-13-9-4/h52-53H,6-49H2,1-5H3. The third kappa shape index (κ3) is 36.8. The minimum absolute atomic E-state index is 0.0460. The molecule has 1 fully saturated rings. The van der Waals surface area contributed by atoms with Crippen molar-refractivity contribution in [3.63, 3.8) is 0 Å². The van der Waals surface area contributed by atoms with Gasteiger partial charge >= 0.3 is 11.9 Å². The Morgan fingerprint density at radius 3 is 1.11 bits per heavy atom. The lowest BCUT2D eigenvalue weighted by Crippen LogP contribution is -2.42. The van der Waals surface area contributed by atoms with Crippen LogP contribution >= 0.6 is 0 Å². The lowest BCUT2D eigenvalue weighted by atomic mass is 9.73. The van der Waals surface area contributed by atoms with Gasteiger partial charge < -0.3 is 38.1 Å². The molecule has 0 aromatic heterocycles. The van der Waals surface area contributed by atoms with Crippen LogP contribution < -0.4 is 0 Å². The van der Waals surface area contributed by atoms with E-state index >= 15 is 0 Å². The molecule has 0 saturated carbocycles. The highest BCUT2D eigenvalue weighted by Crippen LogP contribution is 2.39. The summed E-state index contributed by atoms with van der Waals surface area (Å²) in [6.07, 6.45) is 35.6. The van der Waals surface area contributed by atoms with Gasteiger partial charge in [-0.15, -0.1) is 0 Å². The number of esters is 2. The van der Waals surface area contributed by atoms with E-state index in [-0.39, 0.29) is 42.8 Å². The molecular formula is C54H105NO9. The van der Waals surface area contributed by atoms with Crippen LogP contribution in [0.2, 0.25) is 0 Å². The highest BCUT2D eigenvalue weighted by Gasteiger charge is 2.35. The number of unbranched alkanes of at least 4 members (excludes halogenated alkanes) is 21. The zero-order valence-electron chi connectivity index (χ0n) is 42.9. The first kappa shape index (κ1) is 60.7. The predicted octanol–water partition coefficient (Wildman–Crippen LogP) is 14.1. The number of carbonyl (C=O) groups is 2. The van der Waals surface area contributed by atoms with E-state index < -0.39 is 0 Å². The molecule has 0 atom stereocenters. The zero-order chi connectivity index (χ0) is 46.4. The van der Waals surface area contributed by atoms with E-state index in [1.807, 2.05) is 0 Å². The van der Waals surface area contributed by atoms with Crippen molar-refractivity contribution in [3.8, 4) is 0 Å². The summed E-state index contributed by atoms with van der Waals surface area (Å²) in [6, 6.07) is 0. The van der Waals surface area contributed by atoms with Gasteiger partial charge in [0, 0.05) is 53.0 Å². The predicted molar refractivity (Wildman–Crippen MR) is 264 cm³/mol. The van der Waals surface area contributed by atoms with E-state index in [0.29, 0.717) is 52.5 Å². The Balaban J connectivity index is 2.70. The van der Waals surface area contributed by atoms with Crippen molar-refractivity contribution >= 4 is 11.9 Å². The number of likely N-dealkylation sites (tertiary alicyclic amines) is 1. The lowest BCUT2D eigenvalue weighted by Gasteiger charge is -2.42. The van der Waals surface area contributed by atoms with Gasteiger partial charge in [-0.2, -0.15) is 0 Å². The fraction of sp³-hybridized carbons (Fsp3) is 0.963. The van der Waals surface area contributed by atoms with Crippen LogP contribution in [0.4, 0.5) is 0 Å². The second-order valence-corrected chi connectivity index (χ2v) is 19.0. The summed E-state index contributed by atoms with van der Waals surface area (Å²) >= 11 is 0. The first-order chi connectivity index (χ1) is 31.4. The van der Waals surface area contributed by atoms with Crippen LogP contribution in [0.5, 0.6) is 0 Å². The molecule has 0 unspecified atom stereocenters. The Labute approximate surface area is 395 Å². The van der Waals surface area contributed by atoms with Crippen LogP contribution in [-0.4, -0.2) is 102 Å². The molecule has 10 heteroatoms. The fourth-order valence-corrected chi connectivity index (χ4v) is 8.65. The number of methoxy groups -OCH3 is 1. The Morgan fingerprint density at radius 2 is 0.766 bits per heavy atom. The molecule has 0 spiro atoms. The topological polar surface area (TPSA) is 102 Å². The van der Waals surface area contributed by atoms with Crippen LogP contribution in [0.3, 0.4) is 0 Å². The van der Waals surface area contributed by atoms with E-state index in [2.05, 4.69) is 32.6 Å². The van der Waals surface area contributed by atoms with Crippen molar-refractivity contribution in [2.75, 3.05) is 73.0 Å². The van der Waals surface area contributed by atoms with Crippen molar-refractivity contribution in [1.29, 1.82) is 0 Å². The first-order valence-corrected chi connectivity index (χ1v) is 27.4. The Hall–Kier alpha value is -1.30. The quantitative estimate of drug-likeness (QED) is 0.0333. The van der Waals surface area contributed by atoms with Gasteiger partial charge in [0.2, 0.25) is 0 Å². The number of ether oxygens (including phenoxy) is 7. The summed E-state index contributed by atoms with van der Waals surface area (Å²) in [5, 5.41) is 0. The molecule has 0 amide bonds. The summed E-state index contributed by atoms with van der Waals surface area (Å²) < 4.78 is 41.8. The number of rotatable bonds is 49. The SMILES string of the molecule is CCCCCCCCOC(CCC(=O)OCCC1(CCOC(=O)CCC(OCCCCCCCC)OCCCCCCCC)CCN(CCCCOC)CC1)OCCCCCCCC. The van der Waals surface area contributed by atoms with Gasteiger partial charge in [-0.05, 0) is 89.3 Å². The average Bonchev–Trinajstić information content (AvgIpc) is 3.30. The maximum atomic E-state index is 13.1. The number of hydrogen-bond acceptors (Lipinski definition) is 10. The van der Waals surface area contributed by atoms with E-state index in [9.17, 15) is 9.59 Å². The molecule has 64 heavy (non-hydrogen) atoms. The largest absolute Gasteiger partial charge is 0.466 e. The fourth-order valence-electron chi connectivity index (χ4n) is 8.65. The highest BCUT2D eigenvalue weighted by molar-refractivity contribution is 5.69. The van der Waals surface area contributed by atoms with Crippen molar-refractivity contribution in [2.45, 2.75) is 259 Å². The average molecular weight is 912 g/mol. The van der Waals surface area contributed by atoms with Gasteiger partial charge in [-0.25, -0.2) is 0 Å². The maximum Gasteiger partial charge on any atom is 0.305 e. The van der Waals surface area contributed by atoms with Crippen molar-refractivity contribution in [2.24, 2.45) is 5.41 Å². The first-order valence-electron chi connectivity index (χ1n) is 27.4. The zero-order valence-corrected chi connectivity index (χ0v) is 42.9. The molecule has 10 nitrogen and oxygen atoms in total. The van der Waals surface area contributed by atoms with Crippen LogP contribution in [0, 0.1) is 5.41 Å². The Morgan fingerprint density at radius 1 is 0.438 bits per heavy atom. The summed E-state index contributed by atoms with van der Waals surface area (Å²) in [7, 11) is 1.76. The molecule has 1 rings (SSSR count). The molecule has 0 aromatic carbocycles. The normalized spacial score (nSPS) is 14.2. The Kier molecular flexibility index (Phi) is 43.1. The van der Waals surface area contributed by atoms with E-state index in [1.165, 1.54) is 128 Å². The van der Waals surface area contributed by atoms with Crippen LogP contribution in [0.15, 0.2) is 0 Å². The number of nitrogens with zero attached hydrogens (tertiary/aromatic N) is 1. The molecule has 0 N–H and O–H groups in total. The maximum absolute atomic E-state index is 13.1. The molecule has 1 saturated heterocycles. The second-order valence-electron chi connectivity index (χ2n) is 19.0. The number of piperidine rings is 1. The van der Waals surface area contributed by atoms with E-state index in [1.54, 1.807) is 7.11 Å². The van der Waals surface area contributed by atoms with Gasteiger partial charge in [0.15, 0.2) is 12.6 Å². The van der Waals surface area contributed by atoms with Gasteiger partial charge in [-0.3, -0.25) is 9.59 Å². The smallest absolute Gasteiger partial charge is 0.305 e. The number of carbonyl (C=O) groups excluding carboxylic acids is 2. The molecule has 1 aliphatic rings. The monoisotopic (exact) mass is 912 g/mol. The molecule has 380 valence electrons. The van der Waals surface area contributed by atoms with Crippen molar-refractivity contribution in [3.05, 3.63) is 0 Å². The minimum atomic E-state index is -0.373. The molecule has 0 aromatic rings. The van der Waals surface area contributed by atoms with Crippen LogP contribution in [-0.2, 0) is 42.7 Å². The van der Waals surface area contributed by atoms with Gasteiger partial charge in [-0.1, -0.05) is 156 Å². The number of hydrogen-bond donors (Lipinski definition) is 0. The van der Waals surface area contributed by atoms with E-state index in [4.69, 9.17) is 33.2 Å². The van der Waals surface area contributed by atoms with Gasteiger partial charge in [0.1, 0.15) is 0 Å². The highest BCUT2D eigenvalue weighted by atomic mass is 16.7. The summed E-state index contributed by atoms with van der Waals surface area (Å²) in [6.45, 7) is 16.2. The van der Waals surface area contributed by atoms with Crippen LogP contribution in [0.1, 0.15) is 246 Å². The summed E-state index contributed by atoms with van der Waals surface area (Å²) in [5.41, 5.74) is -0.0460. The molecule has 0 radical (unpaired) electrons. The third-order valence-corrected chi connectivity index (χ3v) is 13.2. The Bertz CT molecular complexity index is 907.